The third kappa shape index (κ3) is 8.00. The number of halogens is 3. The van der Waals surface area contributed by atoms with Crippen LogP contribution < -0.4 is 15.1 Å². The van der Waals surface area contributed by atoms with Gasteiger partial charge in [-0.2, -0.15) is 17.5 Å². The van der Waals surface area contributed by atoms with Gasteiger partial charge >= 0.3 is 6.18 Å². The van der Waals surface area contributed by atoms with Gasteiger partial charge in [-0.25, -0.2) is 33.8 Å². The van der Waals surface area contributed by atoms with Gasteiger partial charge in [-0.1, -0.05) is 0 Å². The lowest BCUT2D eigenvalue weighted by Crippen LogP contribution is -2.51. The predicted molar refractivity (Wildman–Crippen MR) is 115 cm³/mol. The smallest absolute Gasteiger partial charge is 0.422 e. The van der Waals surface area contributed by atoms with E-state index in [2.05, 4.69) is 30.2 Å². The molecule has 0 unspecified atom stereocenters. The highest BCUT2D eigenvalue weighted by atomic mass is 32.2. The molecule has 0 aliphatic carbocycles. The lowest BCUT2D eigenvalue weighted by molar-refractivity contribution is -0.153. The van der Waals surface area contributed by atoms with Gasteiger partial charge in [0.2, 0.25) is 16.0 Å². The zero-order valence-corrected chi connectivity index (χ0v) is 19.0. The summed E-state index contributed by atoms with van der Waals surface area (Å²) in [5, 5.41) is 9.42. The van der Waals surface area contributed by atoms with Crippen molar-refractivity contribution in [3.05, 3.63) is 36.7 Å². The van der Waals surface area contributed by atoms with Crippen LogP contribution in [0.2, 0.25) is 0 Å². The Bertz CT molecular complexity index is 989. The molecule has 11 nitrogen and oxygen atoms in total. The Labute approximate surface area is 195 Å². The average molecular weight is 506 g/mol. The largest absolute Gasteiger partial charge is 0.481 e. The van der Waals surface area contributed by atoms with E-state index >= 15 is 0 Å². The maximum atomic E-state index is 12.8. The van der Waals surface area contributed by atoms with Crippen LogP contribution in [-0.4, -0.2) is 88.6 Å². The number of piperazine rings is 1. The van der Waals surface area contributed by atoms with Crippen LogP contribution >= 0.6 is 0 Å². The standard InChI is InChI=1S/C19H26F3N7O4S/c20-19(21,22)14-33-16-11-25-18(26-12-16)28-7-9-29(10-8-28)34(31,32)13-15(27-30)3-1-4-17-23-5-2-6-24-17/h2,5-6,11-12,15,27,30H,1,3-4,7-10,13-14H2/t15-/m0/s1. The van der Waals surface area contributed by atoms with E-state index in [-0.39, 0.29) is 30.5 Å². The van der Waals surface area contributed by atoms with Crippen molar-refractivity contribution in [2.24, 2.45) is 0 Å². The Morgan fingerprint density at radius 3 is 2.32 bits per heavy atom. The second-order valence-corrected chi connectivity index (χ2v) is 9.68. The average Bonchev–Trinajstić information content (AvgIpc) is 2.82. The van der Waals surface area contributed by atoms with Crippen LogP contribution in [0.5, 0.6) is 5.75 Å². The fourth-order valence-corrected chi connectivity index (χ4v) is 5.07. The molecule has 188 valence electrons. The van der Waals surface area contributed by atoms with E-state index in [1.54, 1.807) is 23.4 Å². The van der Waals surface area contributed by atoms with Gasteiger partial charge in [-0.15, -0.1) is 0 Å². The molecular formula is C19H26F3N7O4S. The molecular weight excluding hydrogens is 479 g/mol. The minimum Gasteiger partial charge on any atom is -0.481 e. The van der Waals surface area contributed by atoms with Gasteiger partial charge in [-0.05, 0) is 18.9 Å². The second kappa shape index (κ2) is 11.7. The topological polar surface area (TPSA) is 134 Å². The SMILES string of the molecule is O=S(=O)(C[C@H](CCCc1ncccn1)NO)N1CCN(c2ncc(OCC(F)(F)F)cn2)CC1. The Balaban J connectivity index is 1.46. The molecule has 0 spiro atoms. The molecule has 0 bridgehead atoms. The maximum absolute atomic E-state index is 12.8. The summed E-state index contributed by atoms with van der Waals surface area (Å²) in [6.45, 7) is -0.437. The van der Waals surface area contributed by atoms with E-state index in [1.165, 1.54) is 4.31 Å². The number of anilines is 1. The normalized spacial score (nSPS) is 16.4. The van der Waals surface area contributed by atoms with Gasteiger partial charge in [0.1, 0.15) is 5.82 Å². The first-order valence-electron chi connectivity index (χ1n) is 10.6. The third-order valence-corrected chi connectivity index (χ3v) is 7.07. The van der Waals surface area contributed by atoms with Crippen molar-refractivity contribution < 1.29 is 31.5 Å². The number of alkyl halides is 3. The molecule has 3 rings (SSSR count). The van der Waals surface area contributed by atoms with Gasteiger partial charge < -0.3 is 14.8 Å². The Morgan fingerprint density at radius 1 is 1.09 bits per heavy atom. The summed E-state index contributed by atoms with van der Waals surface area (Å²) >= 11 is 0. The fourth-order valence-electron chi connectivity index (χ4n) is 3.39. The summed E-state index contributed by atoms with van der Waals surface area (Å²) in [4.78, 5) is 18.0. The van der Waals surface area contributed by atoms with Crippen LogP contribution in [0.15, 0.2) is 30.9 Å². The molecule has 0 amide bonds. The summed E-state index contributed by atoms with van der Waals surface area (Å²) in [5.41, 5.74) is 2.08. The summed E-state index contributed by atoms with van der Waals surface area (Å²) in [6.07, 6.45) is 2.70. The highest BCUT2D eigenvalue weighted by Gasteiger charge is 2.31. The first-order valence-corrected chi connectivity index (χ1v) is 12.2. The van der Waals surface area contributed by atoms with Gasteiger partial charge in [0.15, 0.2) is 12.4 Å². The number of ether oxygens (including phenoxy) is 1. The number of sulfonamides is 1. The molecule has 0 saturated carbocycles. The van der Waals surface area contributed by atoms with Crippen molar-refractivity contribution >= 4 is 16.0 Å². The van der Waals surface area contributed by atoms with Gasteiger partial charge in [-0.3, -0.25) is 0 Å². The van der Waals surface area contributed by atoms with Gasteiger partial charge in [0, 0.05) is 51.0 Å². The number of hydrogen-bond donors (Lipinski definition) is 2. The van der Waals surface area contributed by atoms with E-state index in [0.29, 0.717) is 38.2 Å². The zero-order chi connectivity index (χ0) is 24.6. The van der Waals surface area contributed by atoms with E-state index in [1.807, 2.05) is 0 Å². The molecule has 0 radical (unpaired) electrons. The Hall–Kier alpha value is -2.62. The zero-order valence-electron chi connectivity index (χ0n) is 18.2. The lowest BCUT2D eigenvalue weighted by Gasteiger charge is -2.34. The number of nitrogens with zero attached hydrogens (tertiary/aromatic N) is 6. The van der Waals surface area contributed by atoms with Crippen LogP contribution in [0.1, 0.15) is 18.7 Å². The number of aromatic nitrogens is 4. The lowest BCUT2D eigenvalue weighted by atomic mass is 10.1. The molecule has 3 heterocycles. The van der Waals surface area contributed by atoms with Crippen molar-refractivity contribution in [2.45, 2.75) is 31.5 Å². The minimum atomic E-state index is -4.46. The number of hydrogen-bond acceptors (Lipinski definition) is 10. The molecule has 1 aliphatic rings. The molecule has 15 heteroatoms. The van der Waals surface area contributed by atoms with Crippen molar-refractivity contribution in [3.63, 3.8) is 0 Å². The monoisotopic (exact) mass is 505 g/mol. The molecule has 2 aromatic heterocycles. The second-order valence-electron chi connectivity index (χ2n) is 7.67. The highest BCUT2D eigenvalue weighted by Crippen LogP contribution is 2.19. The molecule has 1 fully saturated rings. The molecule has 2 aromatic rings. The number of nitrogens with one attached hydrogen (secondary N) is 1. The molecule has 1 aliphatic heterocycles. The Morgan fingerprint density at radius 2 is 1.74 bits per heavy atom. The highest BCUT2D eigenvalue weighted by molar-refractivity contribution is 7.89. The first kappa shape index (κ1) is 26.0. The van der Waals surface area contributed by atoms with E-state index < -0.39 is 28.8 Å². The molecule has 0 aromatic carbocycles. The van der Waals surface area contributed by atoms with Gasteiger partial charge in [0.25, 0.3) is 0 Å². The first-order chi connectivity index (χ1) is 16.2. The van der Waals surface area contributed by atoms with Crippen LogP contribution in [0.3, 0.4) is 0 Å². The van der Waals surface area contributed by atoms with Crippen molar-refractivity contribution in [3.8, 4) is 5.75 Å². The summed E-state index contributed by atoms with van der Waals surface area (Å²) in [6, 6.07) is 1.07. The number of rotatable bonds is 11. The van der Waals surface area contributed by atoms with E-state index in [0.717, 1.165) is 12.4 Å². The van der Waals surface area contributed by atoms with Gasteiger partial charge in [0.05, 0.1) is 18.1 Å². The third-order valence-electron chi connectivity index (χ3n) is 5.10. The van der Waals surface area contributed by atoms with Crippen LogP contribution in [0.4, 0.5) is 19.1 Å². The number of aryl methyl sites for hydroxylation is 1. The molecule has 1 saturated heterocycles. The fraction of sp³-hybridized carbons (Fsp3) is 0.579. The molecule has 34 heavy (non-hydrogen) atoms. The van der Waals surface area contributed by atoms with Crippen molar-refractivity contribution in [1.29, 1.82) is 0 Å². The van der Waals surface area contributed by atoms with Crippen LogP contribution in [-0.2, 0) is 16.4 Å². The maximum Gasteiger partial charge on any atom is 0.422 e. The quantitative estimate of drug-likeness (QED) is 0.427. The van der Waals surface area contributed by atoms with E-state index in [9.17, 15) is 26.8 Å². The summed E-state index contributed by atoms with van der Waals surface area (Å²) < 4.78 is 68.3. The summed E-state index contributed by atoms with van der Waals surface area (Å²) in [5.74, 6) is 0.555. The summed E-state index contributed by atoms with van der Waals surface area (Å²) in [7, 11) is -3.64. The van der Waals surface area contributed by atoms with Crippen molar-refractivity contribution in [2.75, 3.05) is 43.4 Å². The Kier molecular flexibility index (Phi) is 8.93. The minimum absolute atomic E-state index is 0.108. The van der Waals surface area contributed by atoms with Crippen LogP contribution in [0, 0.1) is 0 Å². The molecule has 2 N–H and O–H groups in total. The predicted octanol–water partition coefficient (Wildman–Crippen LogP) is 1.03. The van der Waals surface area contributed by atoms with E-state index in [4.69, 9.17) is 0 Å². The van der Waals surface area contributed by atoms with Crippen LogP contribution in [0.25, 0.3) is 0 Å². The molecule has 1 atom stereocenters. The van der Waals surface area contributed by atoms with Crippen molar-refractivity contribution in [1.82, 2.24) is 29.7 Å². The number of hydroxylamine groups is 1.